The van der Waals surface area contributed by atoms with E-state index < -0.39 is 58.4 Å². The molecule has 0 aliphatic rings. The second kappa shape index (κ2) is 10.1. The zero-order chi connectivity index (χ0) is 26.8. The Balaban J connectivity index is 2.06. The number of halogens is 5. The third-order valence-electron chi connectivity index (χ3n) is 5.05. The Morgan fingerprint density at radius 3 is 2.25 bits per heavy atom. The van der Waals surface area contributed by atoms with Crippen LogP contribution in [0, 0.1) is 17.0 Å². The Bertz CT molecular complexity index is 1270. The van der Waals surface area contributed by atoms with Crippen LogP contribution in [0.25, 0.3) is 11.1 Å². The molecule has 0 unspecified atom stereocenters. The van der Waals surface area contributed by atoms with E-state index in [4.69, 9.17) is 15.2 Å². The summed E-state index contributed by atoms with van der Waals surface area (Å²) in [6, 6.07) is 9.60. The topological polar surface area (TPSA) is 94.7 Å². The first-order valence-electron chi connectivity index (χ1n) is 10.6. The molecule has 1 heterocycles. The van der Waals surface area contributed by atoms with Gasteiger partial charge in [-0.2, -0.15) is 18.2 Å². The van der Waals surface area contributed by atoms with Gasteiger partial charge in [-0.1, -0.05) is 39.0 Å². The second-order valence-electron chi connectivity index (χ2n) is 9.01. The number of benzene rings is 2. The molecule has 11 heteroatoms. The fraction of sp³-hybridized carbons (Fsp3) is 0.280. The molecular formula is C25H23F5N2O4. The molecule has 2 aromatic carbocycles. The molecule has 0 fully saturated rings. The van der Waals surface area contributed by atoms with Gasteiger partial charge in [0.1, 0.15) is 5.75 Å². The van der Waals surface area contributed by atoms with Crippen molar-refractivity contribution in [1.29, 1.82) is 0 Å². The van der Waals surface area contributed by atoms with E-state index >= 15 is 0 Å². The van der Waals surface area contributed by atoms with E-state index in [0.29, 0.717) is 23.3 Å². The number of aliphatic carboxylic acids is 1. The van der Waals surface area contributed by atoms with E-state index in [1.165, 1.54) is 26.8 Å². The maximum atomic E-state index is 14.5. The molecular weight excluding hydrogens is 487 g/mol. The predicted octanol–water partition coefficient (Wildman–Crippen LogP) is 6.17. The minimum atomic E-state index is -4.76. The number of nitrogens with two attached hydrogens (primary N) is 1. The summed E-state index contributed by atoms with van der Waals surface area (Å²) in [5.41, 5.74) is 4.72. The summed E-state index contributed by atoms with van der Waals surface area (Å²) < 4.78 is 80.0. The van der Waals surface area contributed by atoms with Crippen LogP contribution in [0.4, 0.5) is 22.0 Å². The molecule has 36 heavy (non-hydrogen) atoms. The highest BCUT2D eigenvalue weighted by atomic mass is 19.4. The molecule has 3 N–H and O–H groups in total. The molecule has 0 saturated carbocycles. The van der Waals surface area contributed by atoms with E-state index in [1.807, 2.05) is 0 Å². The summed E-state index contributed by atoms with van der Waals surface area (Å²) in [6.07, 6.45) is -6.32. The van der Waals surface area contributed by atoms with Crippen molar-refractivity contribution in [3.63, 3.8) is 0 Å². The molecule has 0 amide bonds. The summed E-state index contributed by atoms with van der Waals surface area (Å²) in [7, 11) is 0. The average molecular weight is 510 g/mol. The van der Waals surface area contributed by atoms with Crippen molar-refractivity contribution in [2.75, 3.05) is 0 Å². The molecule has 192 valence electrons. The van der Waals surface area contributed by atoms with Gasteiger partial charge in [-0.15, -0.1) is 0 Å². The van der Waals surface area contributed by atoms with Gasteiger partial charge in [0, 0.05) is 18.0 Å². The molecule has 0 bridgehead atoms. The Labute approximate surface area is 203 Å². The lowest BCUT2D eigenvalue weighted by Crippen LogP contribution is -2.39. The van der Waals surface area contributed by atoms with Crippen LogP contribution in [0.5, 0.6) is 17.5 Å². The number of carboxylic acid groups (broad SMARTS) is 1. The van der Waals surface area contributed by atoms with Crippen molar-refractivity contribution >= 4 is 5.97 Å². The van der Waals surface area contributed by atoms with E-state index in [1.54, 1.807) is 24.3 Å². The molecule has 0 saturated heterocycles. The van der Waals surface area contributed by atoms with E-state index in [2.05, 4.69) is 4.98 Å². The highest BCUT2D eigenvalue weighted by Gasteiger charge is 2.35. The van der Waals surface area contributed by atoms with Gasteiger partial charge in [0.2, 0.25) is 6.10 Å². The van der Waals surface area contributed by atoms with Gasteiger partial charge in [0.05, 0.1) is 5.56 Å². The third kappa shape index (κ3) is 6.28. The fourth-order valence-electron chi connectivity index (χ4n) is 3.28. The van der Waals surface area contributed by atoms with Crippen LogP contribution in [-0.2, 0) is 17.5 Å². The lowest BCUT2D eigenvalue weighted by atomic mass is 9.89. The standard InChI is InChI=1S/C25H23F5N2O4/c1-24(2,3)20(23(33)34)36-22-19(27)11-18(26)21(32-22)35-17-9-15(8-16(10-17)25(28,29)30)14-6-4-5-13(7-14)12-31/h4-11,20H,12,31H2,1-3H3,(H,33,34)/t20-/m0/s1. The smallest absolute Gasteiger partial charge is 0.416 e. The van der Waals surface area contributed by atoms with Crippen LogP contribution >= 0.6 is 0 Å². The van der Waals surface area contributed by atoms with Crippen LogP contribution in [-0.4, -0.2) is 22.2 Å². The summed E-state index contributed by atoms with van der Waals surface area (Å²) in [6.45, 7) is 4.73. The zero-order valence-electron chi connectivity index (χ0n) is 19.5. The summed E-state index contributed by atoms with van der Waals surface area (Å²) >= 11 is 0. The first-order valence-corrected chi connectivity index (χ1v) is 10.6. The molecule has 0 aliphatic heterocycles. The van der Waals surface area contributed by atoms with Crippen LogP contribution in [0.3, 0.4) is 0 Å². The van der Waals surface area contributed by atoms with Crippen molar-refractivity contribution < 1.29 is 41.3 Å². The van der Waals surface area contributed by atoms with Gasteiger partial charge in [-0.05, 0) is 41.0 Å². The molecule has 0 radical (unpaired) electrons. The maximum absolute atomic E-state index is 14.5. The normalized spacial score (nSPS) is 12.8. The minimum Gasteiger partial charge on any atom is -0.478 e. The molecule has 3 rings (SSSR count). The maximum Gasteiger partial charge on any atom is 0.416 e. The number of hydrogen-bond donors (Lipinski definition) is 2. The molecule has 0 aliphatic carbocycles. The Kier molecular flexibility index (Phi) is 7.54. The Morgan fingerprint density at radius 1 is 1.00 bits per heavy atom. The van der Waals surface area contributed by atoms with Crippen molar-refractivity contribution in [1.82, 2.24) is 4.98 Å². The van der Waals surface area contributed by atoms with Crippen LogP contribution in [0.2, 0.25) is 0 Å². The zero-order valence-corrected chi connectivity index (χ0v) is 19.5. The number of alkyl halides is 3. The molecule has 1 aromatic heterocycles. The van der Waals surface area contributed by atoms with E-state index in [9.17, 15) is 31.9 Å². The summed E-state index contributed by atoms with van der Waals surface area (Å²) in [4.78, 5) is 15.1. The third-order valence-corrected chi connectivity index (χ3v) is 5.05. The SMILES string of the molecule is CC(C)(C)[C@@H](Oc1nc(Oc2cc(-c3cccc(CN)c3)cc(C(F)(F)F)c2)c(F)cc1F)C(=O)O. The number of carboxylic acids is 1. The van der Waals surface area contributed by atoms with Crippen molar-refractivity contribution in [3.05, 3.63) is 71.3 Å². The number of aromatic nitrogens is 1. The highest BCUT2D eigenvalue weighted by Crippen LogP contribution is 2.38. The monoisotopic (exact) mass is 510 g/mol. The predicted molar refractivity (Wildman–Crippen MR) is 121 cm³/mol. The number of pyridine rings is 1. The average Bonchev–Trinajstić information content (AvgIpc) is 2.78. The summed E-state index contributed by atoms with van der Waals surface area (Å²) in [5.74, 6) is -6.27. The Hall–Kier alpha value is -3.73. The second-order valence-corrected chi connectivity index (χ2v) is 9.01. The molecule has 3 aromatic rings. The largest absolute Gasteiger partial charge is 0.478 e. The van der Waals surface area contributed by atoms with Gasteiger partial charge in [0.25, 0.3) is 11.8 Å². The van der Waals surface area contributed by atoms with E-state index in [0.717, 1.165) is 6.07 Å². The van der Waals surface area contributed by atoms with Crippen LogP contribution in [0.1, 0.15) is 31.9 Å². The van der Waals surface area contributed by atoms with Gasteiger partial charge < -0.3 is 20.3 Å². The quantitative estimate of drug-likeness (QED) is 0.369. The fourth-order valence-corrected chi connectivity index (χ4v) is 3.28. The van der Waals surface area contributed by atoms with Gasteiger partial charge in [-0.25, -0.2) is 13.6 Å². The number of rotatable bonds is 7. The van der Waals surface area contributed by atoms with Gasteiger partial charge in [-0.3, -0.25) is 0 Å². The van der Waals surface area contributed by atoms with Crippen LogP contribution < -0.4 is 15.2 Å². The molecule has 6 nitrogen and oxygen atoms in total. The van der Waals surface area contributed by atoms with Gasteiger partial charge >= 0.3 is 12.1 Å². The minimum absolute atomic E-state index is 0.104. The van der Waals surface area contributed by atoms with Crippen molar-refractivity contribution in [2.24, 2.45) is 11.1 Å². The number of carbonyl (C=O) groups is 1. The van der Waals surface area contributed by atoms with E-state index in [-0.39, 0.29) is 12.1 Å². The van der Waals surface area contributed by atoms with Gasteiger partial charge in [0.15, 0.2) is 11.6 Å². The van der Waals surface area contributed by atoms with Crippen molar-refractivity contribution in [3.8, 4) is 28.6 Å². The molecule has 1 atom stereocenters. The summed E-state index contributed by atoms with van der Waals surface area (Å²) in [5, 5.41) is 9.41. The lowest BCUT2D eigenvalue weighted by molar-refractivity contribution is -0.150. The highest BCUT2D eigenvalue weighted by molar-refractivity contribution is 5.73. The van der Waals surface area contributed by atoms with Crippen molar-refractivity contribution in [2.45, 2.75) is 39.6 Å². The molecule has 0 spiro atoms. The Morgan fingerprint density at radius 2 is 1.67 bits per heavy atom. The lowest BCUT2D eigenvalue weighted by Gasteiger charge is -2.27. The number of nitrogens with zero attached hydrogens (tertiary/aromatic N) is 1. The first-order chi connectivity index (χ1) is 16.7. The first kappa shape index (κ1) is 26.9. The number of ether oxygens (including phenoxy) is 2. The number of hydrogen-bond acceptors (Lipinski definition) is 5. The van der Waals surface area contributed by atoms with Crippen LogP contribution in [0.15, 0.2) is 48.5 Å².